The van der Waals surface area contributed by atoms with Crippen molar-refractivity contribution < 1.29 is 4.74 Å². The van der Waals surface area contributed by atoms with Gasteiger partial charge >= 0.3 is 0 Å². The third kappa shape index (κ3) is 2.33. The standard InChI is InChI=1S/C7H14NO/c1-6(2)8-7-4-3-5-9-7/h6,8H,3-5H2,1-2H3. The summed E-state index contributed by atoms with van der Waals surface area (Å²) in [4.78, 5) is 0. The Bertz CT molecular complexity index is 77.0. The minimum atomic E-state index is 0.512. The molecule has 0 unspecified atom stereocenters. The highest BCUT2D eigenvalue weighted by Crippen LogP contribution is 2.16. The Morgan fingerprint density at radius 3 is 2.78 bits per heavy atom. The van der Waals surface area contributed by atoms with Gasteiger partial charge in [0.2, 0.25) is 0 Å². The molecule has 0 atom stereocenters. The van der Waals surface area contributed by atoms with Crippen molar-refractivity contribution in [1.82, 2.24) is 5.32 Å². The zero-order chi connectivity index (χ0) is 6.69. The average molecular weight is 128 g/mol. The lowest BCUT2D eigenvalue weighted by Crippen LogP contribution is -2.27. The van der Waals surface area contributed by atoms with E-state index in [9.17, 15) is 0 Å². The van der Waals surface area contributed by atoms with Crippen LogP contribution in [0.15, 0.2) is 0 Å². The molecule has 2 heteroatoms. The highest BCUT2D eigenvalue weighted by Gasteiger charge is 2.16. The smallest absolute Gasteiger partial charge is 0.162 e. The SMILES string of the molecule is CC(C)N[C]1CCCO1. The summed E-state index contributed by atoms with van der Waals surface area (Å²) in [5.41, 5.74) is 0. The van der Waals surface area contributed by atoms with E-state index in [1.165, 1.54) is 6.42 Å². The molecule has 9 heavy (non-hydrogen) atoms. The van der Waals surface area contributed by atoms with Crippen molar-refractivity contribution in [2.45, 2.75) is 32.7 Å². The zero-order valence-electron chi connectivity index (χ0n) is 6.11. The monoisotopic (exact) mass is 128 g/mol. The van der Waals surface area contributed by atoms with E-state index < -0.39 is 0 Å². The lowest BCUT2D eigenvalue weighted by atomic mass is 10.3. The van der Waals surface area contributed by atoms with Crippen molar-refractivity contribution in [3.8, 4) is 0 Å². The number of ether oxygens (including phenoxy) is 1. The summed E-state index contributed by atoms with van der Waals surface area (Å²) in [5, 5.41) is 3.24. The van der Waals surface area contributed by atoms with E-state index in [1.54, 1.807) is 0 Å². The predicted octanol–water partition coefficient (Wildman–Crippen LogP) is 1.28. The van der Waals surface area contributed by atoms with E-state index in [2.05, 4.69) is 19.2 Å². The highest BCUT2D eigenvalue weighted by atomic mass is 16.5. The van der Waals surface area contributed by atoms with Gasteiger partial charge in [-0.1, -0.05) is 0 Å². The molecule has 0 amide bonds. The van der Waals surface area contributed by atoms with Gasteiger partial charge in [-0.05, 0) is 26.7 Å². The first-order valence-corrected chi connectivity index (χ1v) is 3.54. The van der Waals surface area contributed by atoms with E-state index >= 15 is 0 Å². The lowest BCUT2D eigenvalue weighted by molar-refractivity contribution is 0.166. The second-order valence-electron chi connectivity index (χ2n) is 2.67. The number of nitrogens with one attached hydrogen (secondary N) is 1. The molecule has 1 fully saturated rings. The van der Waals surface area contributed by atoms with Crippen molar-refractivity contribution in [2.75, 3.05) is 6.61 Å². The molecule has 0 aromatic carbocycles. The quantitative estimate of drug-likeness (QED) is 0.605. The molecule has 1 rings (SSSR count). The largest absolute Gasteiger partial charge is 0.356 e. The molecule has 0 aliphatic carbocycles. The second kappa shape index (κ2) is 3.18. The topological polar surface area (TPSA) is 21.3 Å². The maximum absolute atomic E-state index is 5.27. The Morgan fingerprint density at radius 1 is 1.56 bits per heavy atom. The van der Waals surface area contributed by atoms with Crippen LogP contribution in [0.4, 0.5) is 0 Å². The normalized spacial score (nSPS) is 21.7. The summed E-state index contributed by atoms with van der Waals surface area (Å²) in [6.45, 7) is 5.14. The molecule has 53 valence electrons. The molecule has 1 aliphatic rings. The molecular weight excluding hydrogens is 114 g/mol. The van der Waals surface area contributed by atoms with E-state index in [0.717, 1.165) is 19.3 Å². The summed E-state index contributed by atoms with van der Waals surface area (Å²) in [6, 6.07) is 0.512. The molecular formula is C7H14NO. The molecule has 1 aliphatic heterocycles. The van der Waals surface area contributed by atoms with Gasteiger partial charge in [0, 0.05) is 12.6 Å². The lowest BCUT2D eigenvalue weighted by Gasteiger charge is -2.12. The molecule has 1 heterocycles. The van der Waals surface area contributed by atoms with Crippen LogP contribution < -0.4 is 5.32 Å². The summed E-state index contributed by atoms with van der Waals surface area (Å²) < 4.78 is 5.27. The second-order valence-corrected chi connectivity index (χ2v) is 2.67. The summed E-state index contributed by atoms with van der Waals surface area (Å²) in [5.74, 6) is 0. The van der Waals surface area contributed by atoms with Crippen LogP contribution >= 0.6 is 0 Å². The molecule has 0 aromatic heterocycles. The minimum absolute atomic E-state index is 0.512. The Labute approximate surface area is 56.6 Å². The molecule has 2 nitrogen and oxygen atoms in total. The molecule has 0 saturated carbocycles. The fourth-order valence-electron chi connectivity index (χ4n) is 0.936. The Hall–Kier alpha value is -0.0800. The number of hydrogen-bond donors (Lipinski definition) is 1. The van der Waals surface area contributed by atoms with Gasteiger partial charge < -0.3 is 4.74 Å². The van der Waals surface area contributed by atoms with Crippen LogP contribution in [0.25, 0.3) is 0 Å². The van der Waals surface area contributed by atoms with Crippen LogP contribution in [0.1, 0.15) is 26.7 Å². The first-order chi connectivity index (χ1) is 4.29. The van der Waals surface area contributed by atoms with Crippen molar-refractivity contribution in [3.63, 3.8) is 0 Å². The maximum atomic E-state index is 5.27. The Morgan fingerprint density at radius 2 is 2.33 bits per heavy atom. The zero-order valence-corrected chi connectivity index (χ0v) is 6.11. The number of hydrogen-bond acceptors (Lipinski definition) is 2. The van der Waals surface area contributed by atoms with E-state index in [0.29, 0.717) is 6.04 Å². The van der Waals surface area contributed by atoms with Gasteiger partial charge in [-0.3, -0.25) is 5.32 Å². The fraction of sp³-hybridized carbons (Fsp3) is 0.857. The van der Waals surface area contributed by atoms with Crippen LogP contribution in [0.5, 0.6) is 0 Å². The average Bonchev–Trinajstić information content (AvgIpc) is 2.15. The van der Waals surface area contributed by atoms with E-state index in [-0.39, 0.29) is 0 Å². The van der Waals surface area contributed by atoms with Gasteiger partial charge in [0.25, 0.3) is 0 Å². The number of rotatable bonds is 2. The minimum Gasteiger partial charge on any atom is -0.356 e. The van der Waals surface area contributed by atoms with Gasteiger partial charge in [0.05, 0.1) is 0 Å². The highest BCUT2D eigenvalue weighted by molar-refractivity contribution is 4.81. The molecule has 1 saturated heterocycles. The maximum Gasteiger partial charge on any atom is 0.162 e. The van der Waals surface area contributed by atoms with E-state index in [4.69, 9.17) is 4.74 Å². The van der Waals surface area contributed by atoms with Crippen LogP contribution in [0.2, 0.25) is 0 Å². The van der Waals surface area contributed by atoms with Crippen LogP contribution in [0.3, 0.4) is 0 Å². The van der Waals surface area contributed by atoms with Crippen LogP contribution in [-0.4, -0.2) is 12.6 Å². The van der Waals surface area contributed by atoms with Gasteiger partial charge in [0.1, 0.15) is 0 Å². The van der Waals surface area contributed by atoms with Crippen molar-refractivity contribution >= 4 is 0 Å². The molecule has 0 spiro atoms. The van der Waals surface area contributed by atoms with Crippen molar-refractivity contribution in [1.29, 1.82) is 0 Å². The fourth-order valence-corrected chi connectivity index (χ4v) is 0.936. The van der Waals surface area contributed by atoms with E-state index in [1.807, 2.05) is 0 Å². The van der Waals surface area contributed by atoms with Gasteiger partial charge in [-0.2, -0.15) is 0 Å². The third-order valence-electron chi connectivity index (χ3n) is 1.27. The van der Waals surface area contributed by atoms with Crippen molar-refractivity contribution in [2.24, 2.45) is 0 Å². The van der Waals surface area contributed by atoms with Crippen LogP contribution in [0, 0.1) is 6.23 Å². The predicted molar refractivity (Wildman–Crippen MR) is 36.7 cm³/mol. The van der Waals surface area contributed by atoms with Gasteiger partial charge in [-0.15, -0.1) is 0 Å². The first-order valence-electron chi connectivity index (χ1n) is 3.54. The van der Waals surface area contributed by atoms with Gasteiger partial charge in [0.15, 0.2) is 6.23 Å². The molecule has 1 N–H and O–H groups in total. The molecule has 0 bridgehead atoms. The molecule has 0 aromatic rings. The summed E-state index contributed by atoms with van der Waals surface area (Å²) in [6.07, 6.45) is 3.35. The first kappa shape index (κ1) is 7.03. The van der Waals surface area contributed by atoms with Crippen LogP contribution in [-0.2, 0) is 4.74 Å². The van der Waals surface area contributed by atoms with Crippen molar-refractivity contribution in [3.05, 3.63) is 6.23 Å². The summed E-state index contributed by atoms with van der Waals surface area (Å²) >= 11 is 0. The summed E-state index contributed by atoms with van der Waals surface area (Å²) in [7, 11) is 0. The Balaban J connectivity index is 2.11. The van der Waals surface area contributed by atoms with Gasteiger partial charge in [-0.25, -0.2) is 0 Å². The Kier molecular flexibility index (Phi) is 2.49. The third-order valence-corrected chi connectivity index (χ3v) is 1.27. The molecule has 1 radical (unpaired) electrons.